The van der Waals surface area contributed by atoms with Crippen LogP contribution in [0, 0.1) is 6.92 Å². The van der Waals surface area contributed by atoms with Crippen LogP contribution in [0.4, 0.5) is 4.79 Å². The van der Waals surface area contributed by atoms with Crippen LogP contribution in [0.3, 0.4) is 0 Å². The van der Waals surface area contributed by atoms with Crippen LogP contribution >= 0.6 is 0 Å². The van der Waals surface area contributed by atoms with Crippen molar-refractivity contribution in [3.05, 3.63) is 29.3 Å². The zero-order valence-electron chi connectivity index (χ0n) is 12.8. The number of rotatable bonds is 4. The summed E-state index contributed by atoms with van der Waals surface area (Å²) in [5, 5.41) is 13.5. The van der Waals surface area contributed by atoms with Crippen LogP contribution in [0.2, 0.25) is 0 Å². The largest absolute Gasteiger partial charge is 0.507 e. The molecule has 0 atom stereocenters. The number of para-hydroxylation sites is 1. The van der Waals surface area contributed by atoms with Gasteiger partial charge in [-0.1, -0.05) is 18.2 Å². The Labute approximate surface area is 125 Å². The van der Waals surface area contributed by atoms with Gasteiger partial charge in [-0.15, -0.1) is 0 Å². The molecule has 0 aromatic heterocycles. The maximum Gasteiger partial charge on any atom is 0.409 e. The molecule has 0 unspecified atom stereocenters. The molecule has 0 spiro atoms. The zero-order chi connectivity index (χ0) is 15.2. The highest BCUT2D eigenvalue weighted by atomic mass is 16.6. The first-order valence-electron chi connectivity index (χ1n) is 7.54. The first-order valence-corrected chi connectivity index (χ1v) is 7.54. The monoisotopic (exact) mass is 292 g/mol. The molecule has 1 aliphatic rings. The SMILES string of the molecule is CCOC(=O)N1CCC(NCc2cccc(C)c2O)CC1. The number of piperidine rings is 1. The van der Waals surface area contributed by atoms with Crippen LogP contribution in [0.25, 0.3) is 0 Å². The maximum atomic E-state index is 11.6. The molecule has 1 saturated heterocycles. The van der Waals surface area contributed by atoms with Gasteiger partial charge in [0.25, 0.3) is 0 Å². The Bertz CT molecular complexity index is 482. The number of ether oxygens (including phenoxy) is 1. The van der Waals surface area contributed by atoms with Crippen LogP contribution in [-0.2, 0) is 11.3 Å². The van der Waals surface area contributed by atoms with Crippen LogP contribution in [0.5, 0.6) is 5.75 Å². The Morgan fingerprint density at radius 1 is 1.43 bits per heavy atom. The summed E-state index contributed by atoms with van der Waals surface area (Å²) in [5.41, 5.74) is 1.81. The molecular formula is C16H24N2O3. The lowest BCUT2D eigenvalue weighted by Gasteiger charge is -2.31. The number of carbonyl (C=O) groups is 1. The van der Waals surface area contributed by atoms with E-state index in [0.29, 0.717) is 24.9 Å². The van der Waals surface area contributed by atoms with Gasteiger partial charge in [0.15, 0.2) is 0 Å². The van der Waals surface area contributed by atoms with Crippen molar-refractivity contribution in [3.8, 4) is 5.75 Å². The van der Waals surface area contributed by atoms with Crippen molar-refractivity contribution in [2.45, 2.75) is 39.3 Å². The summed E-state index contributed by atoms with van der Waals surface area (Å²) in [5.74, 6) is 0.369. The van der Waals surface area contributed by atoms with Crippen LogP contribution in [0.1, 0.15) is 30.9 Å². The fourth-order valence-corrected chi connectivity index (χ4v) is 2.60. The number of aryl methyl sites for hydroxylation is 1. The van der Waals surface area contributed by atoms with Gasteiger partial charge in [-0.2, -0.15) is 0 Å². The van der Waals surface area contributed by atoms with Gasteiger partial charge < -0.3 is 20.1 Å². The lowest BCUT2D eigenvalue weighted by molar-refractivity contribution is 0.0950. The second-order valence-electron chi connectivity index (χ2n) is 5.42. The number of hydrogen-bond donors (Lipinski definition) is 2. The molecule has 1 amide bonds. The fraction of sp³-hybridized carbons (Fsp3) is 0.562. The van der Waals surface area contributed by atoms with Gasteiger partial charge in [-0.05, 0) is 32.3 Å². The molecule has 5 heteroatoms. The van der Waals surface area contributed by atoms with Gasteiger partial charge >= 0.3 is 6.09 Å². The van der Waals surface area contributed by atoms with E-state index >= 15 is 0 Å². The Hall–Kier alpha value is -1.75. The highest BCUT2D eigenvalue weighted by molar-refractivity contribution is 5.67. The number of nitrogens with one attached hydrogen (secondary N) is 1. The minimum atomic E-state index is -0.215. The highest BCUT2D eigenvalue weighted by Gasteiger charge is 2.23. The van der Waals surface area contributed by atoms with Gasteiger partial charge in [0, 0.05) is 31.2 Å². The highest BCUT2D eigenvalue weighted by Crippen LogP contribution is 2.21. The normalized spacial score (nSPS) is 16.0. The van der Waals surface area contributed by atoms with E-state index in [2.05, 4.69) is 5.32 Å². The summed E-state index contributed by atoms with van der Waals surface area (Å²) < 4.78 is 5.01. The molecule has 0 aliphatic carbocycles. The number of phenolic OH excluding ortho intramolecular Hbond substituents is 1. The average Bonchev–Trinajstić information content (AvgIpc) is 2.49. The molecule has 2 N–H and O–H groups in total. The summed E-state index contributed by atoms with van der Waals surface area (Å²) in [4.78, 5) is 13.4. The first kappa shape index (κ1) is 15.6. The van der Waals surface area contributed by atoms with Crippen molar-refractivity contribution in [2.75, 3.05) is 19.7 Å². The van der Waals surface area contributed by atoms with E-state index in [1.165, 1.54) is 0 Å². The molecule has 1 fully saturated rings. The van der Waals surface area contributed by atoms with E-state index in [1.807, 2.05) is 32.0 Å². The fourth-order valence-electron chi connectivity index (χ4n) is 2.60. The van der Waals surface area contributed by atoms with E-state index < -0.39 is 0 Å². The molecular weight excluding hydrogens is 268 g/mol. The van der Waals surface area contributed by atoms with E-state index in [1.54, 1.807) is 4.90 Å². The van der Waals surface area contributed by atoms with Gasteiger partial charge in [0.05, 0.1) is 6.61 Å². The number of amides is 1. The number of carbonyl (C=O) groups excluding carboxylic acids is 1. The van der Waals surface area contributed by atoms with Crippen LogP contribution in [-0.4, -0.2) is 41.8 Å². The Kier molecular flexibility index (Phi) is 5.44. The second-order valence-corrected chi connectivity index (χ2v) is 5.42. The number of likely N-dealkylation sites (tertiary alicyclic amines) is 1. The minimum absolute atomic E-state index is 0.215. The van der Waals surface area contributed by atoms with E-state index in [0.717, 1.165) is 37.1 Å². The number of phenols is 1. The van der Waals surface area contributed by atoms with Crippen molar-refractivity contribution >= 4 is 6.09 Å². The molecule has 0 saturated carbocycles. The van der Waals surface area contributed by atoms with Crippen molar-refractivity contribution in [2.24, 2.45) is 0 Å². The maximum absolute atomic E-state index is 11.6. The van der Waals surface area contributed by atoms with Gasteiger partial charge in [0.2, 0.25) is 0 Å². The zero-order valence-corrected chi connectivity index (χ0v) is 12.8. The third-order valence-electron chi connectivity index (χ3n) is 3.92. The minimum Gasteiger partial charge on any atom is -0.507 e. The summed E-state index contributed by atoms with van der Waals surface area (Å²) in [6.07, 6.45) is 1.60. The lowest BCUT2D eigenvalue weighted by Crippen LogP contribution is -2.44. The first-order chi connectivity index (χ1) is 10.1. The quantitative estimate of drug-likeness (QED) is 0.894. The number of aromatic hydroxyl groups is 1. The van der Waals surface area contributed by atoms with E-state index in [4.69, 9.17) is 4.74 Å². The number of benzene rings is 1. The molecule has 0 bridgehead atoms. The average molecular weight is 292 g/mol. The van der Waals surface area contributed by atoms with E-state index in [9.17, 15) is 9.90 Å². The molecule has 21 heavy (non-hydrogen) atoms. The van der Waals surface area contributed by atoms with Crippen molar-refractivity contribution in [1.29, 1.82) is 0 Å². The second kappa shape index (κ2) is 7.31. The molecule has 1 aromatic rings. The summed E-state index contributed by atoms with van der Waals surface area (Å²) >= 11 is 0. The van der Waals surface area contributed by atoms with Gasteiger partial charge in [0.1, 0.15) is 5.75 Å². The molecule has 1 aromatic carbocycles. The molecule has 0 radical (unpaired) electrons. The summed E-state index contributed by atoms with van der Waals surface area (Å²) in [6.45, 7) is 6.23. The predicted octanol–water partition coefficient (Wildman–Crippen LogP) is 2.41. The van der Waals surface area contributed by atoms with Crippen LogP contribution in [0.15, 0.2) is 18.2 Å². The topological polar surface area (TPSA) is 61.8 Å². The molecule has 1 aliphatic heterocycles. The smallest absolute Gasteiger partial charge is 0.409 e. The summed E-state index contributed by atoms with van der Waals surface area (Å²) in [6, 6.07) is 6.16. The molecule has 5 nitrogen and oxygen atoms in total. The summed E-state index contributed by atoms with van der Waals surface area (Å²) in [7, 11) is 0. The van der Waals surface area contributed by atoms with Crippen molar-refractivity contribution < 1.29 is 14.6 Å². The van der Waals surface area contributed by atoms with Crippen molar-refractivity contribution in [1.82, 2.24) is 10.2 Å². The third kappa shape index (κ3) is 4.11. The standard InChI is InChI=1S/C16H24N2O3/c1-3-21-16(20)18-9-7-14(8-10-18)17-11-13-6-4-5-12(2)15(13)19/h4-6,14,17,19H,3,7-11H2,1-2H3. The van der Waals surface area contributed by atoms with Crippen molar-refractivity contribution in [3.63, 3.8) is 0 Å². The number of nitrogens with zero attached hydrogens (tertiary/aromatic N) is 1. The van der Waals surface area contributed by atoms with E-state index in [-0.39, 0.29) is 6.09 Å². The Morgan fingerprint density at radius 3 is 2.81 bits per heavy atom. The molecule has 116 valence electrons. The van der Waals surface area contributed by atoms with Gasteiger partial charge in [-0.25, -0.2) is 4.79 Å². The van der Waals surface area contributed by atoms with Gasteiger partial charge in [-0.3, -0.25) is 0 Å². The number of hydrogen-bond acceptors (Lipinski definition) is 4. The molecule has 1 heterocycles. The third-order valence-corrected chi connectivity index (χ3v) is 3.92. The lowest BCUT2D eigenvalue weighted by atomic mass is 10.0. The predicted molar refractivity (Wildman–Crippen MR) is 81.3 cm³/mol. The Balaban J connectivity index is 1.79. The Morgan fingerprint density at radius 2 is 2.14 bits per heavy atom. The molecule has 2 rings (SSSR count). The van der Waals surface area contributed by atoms with Crippen LogP contribution < -0.4 is 5.32 Å².